The molecule has 2 fully saturated rings. The molecule has 12 bridgehead atoms. The Morgan fingerprint density at radius 1 is 0.464 bits per heavy atom. The lowest BCUT2D eigenvalue weighted by atomic mass is 9.81. The molecule has 15 unspecified atom stereocenters. The second kappa shape index (κ2) is 12.9. The molecule has 12 nitrogen and oxygen atoms in total. The van der Waals surface area contributed by atoms with Gasteiger partial charge in [0.1, 0.15) is 0 Å². The maximum atomic E-state index is 11.4. The molecular weight excluding hydrogens is 713 g/mol. The minimum atomic E-state index is -1.07. The summed E-state index contributed by atoms with van der Waals surface area (Å²) in [6.07, 6.45) is 0.553. The quantitative estimate of drug-likeness (QED) is 0.172. The number of aromatic amines is 2. The second-order valence-electron chi connectivity index (χ2n) is 16.7. The molecule has 292 valence electrons. The predicted octanol–water partition coefficient (Wildman–Crippen LogP) is 3.29. The highest BCUT2D eigenvalue weighted by atomic mass is 16.3. The summed E-state index contributed by atoms with van der Waals surface area (Å²) in [5.74, 6) is -2.52. The number of hydrogen-bond donors (Lipinski definition) is 10. The lowest BCUT2D eigenvalue weighted by molar-refractivity contribution is -0.0146. The van der Waals surface area contributed by atoms with Crippen molar-refractivity contribution in [3.8, 4) is 0 Å². The molecule has 10 N–H and O–H groups in total. The van der Waals surface area contributed by atoms with E-state index in [1.54, 1.807) is 12.2 Å². The van der Waals surface area contributed by atoms with Crippen molar-refractivity contribution in [2.75, 3.05) is 0 Å². The molecule has 6 aliphatic carbocycles. The Morgan fingerprint density at radius 3 is 1.30 bits per heavy atom. The maximum absolute atomic E-state index is 11.4. The summed E-state index contributed by atoms with van der Waals surface area (Å²) in [5.41, 5.74) is 10.3. The second-order valence-corrected chi connectivity index (χ2v) is 16.7. The van der Waals surface area contributed by atoms with Gasteiger partial charge in [-0.05, 0) is 82.7 Å². The van der Waals surface area contributed by atoms with Gasteiger partial charge in [0.15, 0.2) is 0 Å². The zero-order valence-electron chi connectivity index (χ0n) is 31.3. The van der Waals surface area contributed by atoms with E-state index in [4.69, 9.17) is 9.97 Å². The third-order valence-corrected chi connectivity index (χ3v) is 13.8. The molecular formula is C44H48N4O8. The maximum Gasteiger partial charge on any atom is 0.0989 e. The van der Waals surface area contributed by atoms with Gasteiger partial charge in [-0.3, -0.25) is 0 Å². The van der Waals surface area contributed by atoms with Gasteiger partial charge in [0.2, 0.25) is 0 Å². The van der Waals surface area contributed by atoms with Crippen molar-refractivity contribution >= 4 is 44.4 Å². The normalized spacial score (nSPS) is 38.7. The molecule has 0 aromatic carbocycles. The standard InChI is InChI=1S/C42H42N4O8.C2H6/c1-14-2-3-18(38(50)36(14)48)20-7-16-9-28-33-22-11-24(42(54)40(22)52)35(33)30(46-28)13-29-34-23-10-21(39(51)41(23)53)32(34)27(45-29)8-15-6-19(17-4-5-31(47)37(17)49)25(43-15)12-26(20)44-16;1-2/h2-9,12-14,17-18,21-24,31,36-44,47-54H,10-11H2,1H3;1-2H3. The molecule has 3 aromatic rings. The first-order valence-electron chi connectivity index (χ1n) is 20.0. The van der Waals surface area contributed by atoms with E-state index in [1.807, 2.05) is 69.3 Å². The Morgan fingerprint density at radius 2 is 0.875 bits per heavy atom. The van der Waals surface area contributed by atoms with Gasteiger partial charge >= 0.3 is 0 Å². The Labute approximate surface area is 323 Å². The Bertz CT molecular complexity index is 2440. The predicted molar refractivity (Wildman–Crippen MR) is 210 cm³/mol. The number of fused-ring (bicyclic) bond motifs is 20. The summed E-state index contributed by atoms with van der Waals surface area (Å²) >= 11 is 0. The van der Waals surface area contributed by atoms with Crippen LogP contribution in [0.3, 0.4) is 0 Å². The van der Waals surface area contributed by atoms with Gasteiger partial charge in [-0.25, -0.2) is 9.97 Å². The molecule has 0 saturated heterocycles. The minimum Gasteiger partial charge on any atom is -0.390 e. The first-order valence-corrected chi connectivity index (χ1v) is 20.0. The molecule has 8 aliphatic rings. The van der Waals surface area contributed by atoms with E-state index in [0.717, 1.165) is 33.4 Å². The Hall–Kier alpha value is -4.24. The lowest BCUT2D eigenvalue weighted by Gasteiger charge is -2.31. The van der Waals surface area contributed by atoms with Crippen LogP contribution in [0.5, 0.6) is 0 Å². The van der Waals surface area contributed by atoms with E-state index in [1.165, 1.54) is 0 Å². The molecule has 15 atom stereocenters. The molecule has 5 heterocycles. The number of aliphatic hydroxyl groups is 8. The smallest absolute Gasteiger partial charge is 0.0989 e. The summed E-state index contributed by atoms with van der Waals surface area (Å²) in [5, 5.41) is 88.2. The topological polar surface area (TPSA) is 219 Å². The Balaban J connectivity index is 0.00000189. The molecule has 0 radical (unpaired) electrons. The molecule has 2 saturated carbocycles. The lowest BCUT2D eigenvalue weighted by Crippen LogP contribution is -2.38. The largest absolute Gasteiger partial charge is 0.390 e. The number of H-pyrrole nitrogens is 2. The fourth-order valence-electron chi connectivity index (χ4n) is 11.1. The summed E-state index contributed by atoms with van der Waals surface area (Å²) < 4.78 is 0. The van der Waals surface area contributed by atoms with Gasteiger partial charge in [0.25, 0.3) is 0 Å². The van der Waals surface area contributed by atoms with E-state index in [9.17, 15) is 40.9 Å². The van der Waals surface area contributed by atoms with Crippen molar-refractivity contribution < 1.29 is 40.9 Å². The van der Waals surface area contributed by atoms with Crippen LogP contribution in [0.25, 0.3) is 44.4 Å². The molecule has 2 aliphatic heterocycles. The van der Waals surface area contributed by atoms with Crippen LogP contribution in [0.15, 0.2) is 60.7 Å². The van der Waals surface area contributed by atoms with Crippen molar-refractivity contribution in [2.24, 2.45) is 29.6 Å². The molecule has 56 heavy (non-hydrogen) atoms. The summed E-state index contributed by atoms with van der Waals surface area (Å²) in [6, 6.07) is 11.6. The van der Waals surface area contributed by atoms with Crippen LogP contribution >= 0.6 is 0 Å². The van der Waals surface area contributed by atoms with Crippen LogP contribution < -0.4 is 0 Å². The minimum absolute atomic E-state index is 0.229. The van der Waals surface area contributed by atoms with Crippen LogP contribution in [-0.2, 0) is 0 Å². The van der Waals surface area contributed by atoms with Gasteiger partial charge in [-0.15, -0.1) is 0 Å². The third-order valence-electron chi connectivity index (χ3n) is 13.8. The Kier molecular flexibility index (Phi) is 8.31. The highest BCUT2D eigenvalue weighted by molar-refractivity contribution is 6.01. The molecule has 0 amide bonds. The van der Waals surface area contributed by atoms with Gasteiger partial charge in [-0.1, -0.05) is 45.1 Å². The molecule has 11 rings (SSSR count). The summed E-state index contributed by atoms with van der Waals surface area (Å²) in [6.45, 7) is 5.86. The zero-order valence-corrected chi connectivity index (χ0v) is 31.3. The van der Waals surface area contributed by atoms with Gasteiger partial charge < -0.3 is 50.8 Å². The summed E-state index contributed by atoms with van der Waals surface area (Å²) in [4.78, 5) is 17.3. The number of nitrogens with zero attached hydrogens (tertiary/aromatic N) is 2. The number of aliphatic hydroxyl groups excluding tert-OH is 8. The fraction of sp³-hybridized carbons (Fsp3) is 0.455. The van der Waals surface area contributed by atoms with Crippen molar-refractivity contribution in [1.82, 2.24) is 19.9 Å². The van der Waals surface area contributed by atoms with Crippen LogP contribution in [0.1, 0.15) is 79.4 Å². The van der Waals surface area contributed by atoms with E-state index in [-0.39, 0.29) is 29.6 Å². The van der Waals surface area contributed by atoms with E-state index in [2.05, 4.69) is 9.97 Å². The third kappa shape index (κ3) is 5.00. The van der Waals surface area contributed by atoms with Crippen LogP contribution in [0, 0.1) is 29.6 Å². The number of nitrogens with one attached hydrogen (secondary N) is 2. The first-order chi connectivity index (χ1) is 27.0. The van der Waals surface area contributed by atoms with Crippen LogP contribution in [-0.4, -0.2) is 110 Å². The van der Waals surface area contributed by atoms with Crippen LogP contribution in [0.4, 0.5) is 0 Å². The molecule has 12 heteroatoms. The highest BCUT2D eigenvalue weighted by Crippen LogP contribution is 2.60. The SMILES string of the molecule is CC.CC1C=CC(c2cc3cc4nc(cc5nc(cc6cc(C7C=CC(O)C7O)c(cc2[nH]3)[nH]6)C2=C5C3CC2C(O)C3O)C2=C4C3CC2C(O)C3O)C(O)C1O. The monoisotopic (exact) mass is 760 g/mol. The van der Waals surface area contributed by atoms with E-state index < -0.39 is 60.7 Å². The van der Waals surface area contributed by atoms with E-state index >= 15 is 0 Å². The molecule has 3 aromatic heterocycles. The van der Waals surface area contributed by atoms with Crippen LogP contribution in [0.2, 0.25) is 0 Å². The average molecular weight is 761 g/mol. The number of hydrogen-bond acceptors (Lipinski definition) is 10. The first kappa shape index (κ1) is 36.1. The zero-order chi connectivity index (χ0) is 39.1. The van der Waals surface area contributed by atoms with Gasteiger partial charge in [-0.2, -0.15) is 0 Å². The van der Waals surface area contributed by atoms with Crippen molar-refractivity contribution in [3.05, 3.63) is 94.6 Å². The number of aromatic nitrogens is 4. The van der Waals surface area contributed by atoms with Crippen molar-refractivity contribution in [1.29, 1.82) is 0 Å². The van der Waals surface area contributed by atoms with Crippen molar-refractivity contribution in [3.63, 3.8) is 0 Å². The average Bonchev–Trinajstić information content (AvgIpc) is 4.06. The van der Waals surface area contributed by atoms with E-state index in [0.29, 0.717) is 57.7 Å². The van der Waals surface area contributed by atoms with Crippen molar-refractivity contribution in [2.45, 2.75) is 94.3 Å². The number of rotatable bonds is 2. The summed E-state index contributed by atoms with van der Waals surface area (Å²) in [7, 11) is 0. The highest BCUT2D eigenvalue weighted by Gasteiger charge is 2.56. The fourth-order valence-corrected chi connectivity index (χ4v) is 11.1. The van der Waals surface area contributed by atoms with Gasteiger partial charge in [0, 0.05) is 63.5 Å². The van der Waals surface area contributed by atoms with Gasteiger partial charge in [0.05, 0.1) is 71.6 Å². The molecule has 0 spiro atoms.